The Morgan fingerprint density at radius 2 is 1.54 bits per heavy atom. The first kappa shape index (κ1) is 20.8. The molecule has 0 unspecified atom stereocenters. The van der Waals surface area contributed by atoms with E-state index in [0.29, 0.717) is 13.0 Å². The molecule has 8 heteroatoms. The second-order valence-corrected chi connectivity index (χ2v) is 5.69. The molecule has 148 valence electrons. The van der Waals surface area contributed by atoms with Crippen LogP contribution in [0.15, 0.2) is 42.5 Å². The zero-order valence-corrected chi connectivity index (χ0v) is 15.9. The highest BCUT2D eigenvalue weighted by atomic mass is 16.5. The van der Waals surface area contributed by atoms with Gasteiger partial charge in [0.25, 0.3) is 0 Å². The molecule has 8 nitrogen and oxygen atoms in total. The third kappa shape index (κ3) is 5.23. The van der Waals surface area contributed by atoms with Gasteiger partial charge in [-0.15, -0.1) is 0 Å². The molecule has 0 aromatic heterocycles. The number of benzene rings is 2. The van der Waals surface area contributed by atoms with Crippen LogP contribution in [0.1, 0.15) is 15.9 Å². The van der Waals surface area contributed by atoms with Crippen molar-refractivity contribution in [1.29, 1.82) is 0 Å². The highest BCUT2D eigenvalue weighted by Gasteiger charge is 2.21. The van der Waals surface area contributed by atoms with Crippen LogP contribution in [0.25, 0.3) is 0 Å². The minimum atomic E-state index is -0.912. The highest BCUT2D eigenvalue weighted by molar-refractivity contribution is 6.40. The van der Waals surface area contributed by atoms with Gasteiger partial charge in [0, 0.05) is 18.7 Å². The lowest BCUT2D eigenvalue weighted by Gasteiger charge is -2.14. The summed E-state index contributed by atoms with van der Waals surface area (Å²) in [6.07, 6.45) is 0.587. The van der Waals surface area contributed by atoms with Crippen molar-refractivity contribution in [3.05, 3.63) is 53.6 Å². The van der Waals surface area contributed by atoms with Gasteiger partial charge in [-0.2, -0.15) is 0 Å². The molecule has 0 bridgehead atoms. The van der Waals surface area contributed by atoms with Crippen molar-refractivity contribution in [2.75, 3.05) is 33.2 Å². The molecule has 0 aliphatic rings. The standard InChI is InChI=1S/C20H22N2O6/c1-26-16-11-14(20(25)28-3)15(12-17(16)27-2)22-19(24)18(23)21-10-9-13-7-5-4-6-8-13/h4-8,11-12H,9-10H2,1-3H3,(H,21,23)(H,22,24). The molecule has 2 aromatic rings. The lowest BCUT2D eigenvalue weighted by Crippen LogP contribution is -2.36. The number of amides is 2. The van der Waals surface area contributed by atoms with E-state index in [0.717, 1.165) is 5.56 Å². The third-order valence-electron chi connectivity index (χ3n) is 3.93. The van der Waals surface area contributed by atoms with E-state index in [-0.39, 0.29) is 22.7 Å². The van der Waals surface area contributed by atoms with Crippen molar-refractivity contribution in [2.45, 2.75) is 6.42 Å². The quantitative estimate of drug-likeness (QED) is 0.556. The summed E-state index contributed by atoms with van der Waals surface area (Å²) in [4.78, 5) is 36.3. The van der Waals surface area contributed by atoms with Crippen molar-refractivity contribution in [1.82, 2.24) is 5.32 Å². The number of carbonyl (C=O) groups is 3. The molecule has 2 rings (SSSR count). The Hall–Kier alpha value is -3.55. The lowest BCUT2D eigenvalue weighted by molar-refractivity contribution is -0.136. The molecule has 2 aromatic carbocycles. The summed E-state index contributed by atoms with van der Waals surface area (Å²) < 4.78 is 15.0. The summed E-state index contributed by atoms with van der Waals surface area (Å²) in [5.41, 5.74) is 1.15. The summed E-state index contributed by atoms with van der Waals surface area (Å²) in [5, 5.41) is 4.95. The average Bonchev–Trinajstić information content (AvgIpc) is 2.73. The molecule has 0 heterocycles. The highest BCUT2D eigenvalue weighted by Crippen LogP contribution is 2.33. The minimum absolute atomic E-state index is 0.0329. The fraction of sp³-hybridized carbons (Fsp3) is 0.250. The molecule has 0 aliphatic carbocycles. The first-order chi connectivity index (χ1) is 13.5. The van der Waals surface area contributed by atoms with Crippen LogP contribution in [0.3, 0.4) is 0 Å². The number of ether oxygens (including phenoxy) is 3. The topological polar surface area (TPSA) is 103 Å². The number of anilines is 1. The Kier molecular flexibility index (Phi) is 7.38. The maximum atomic E-state index is 12.2. The van der Waals surface area contributed by atoms with E-state index in [1.54, 1.807) is 0 Å². The Morgan fingerprint density at radius 1 is 0.893 bits per heavy atom. The smallest absolute Gasteiger partial charge is 0.340 e. The van der Waals surface area contributed by atoms with Crippen LogP contribution in [0.4, 0.5) is 5.69 Å². The van der Waals surface area contributed by atoms with Crippen molar-refractivity contribution < 1.29 is 28.6 Å². The van der Waals surface area contributed by atoms with Gasteiger partial charge in [-0.25, -0.2) is 4.79 Å². The SMILES string of the molecule is COC(=O)c1cc(OC)c(OC)cc1NC(=O)C(=O)NCCc1ccccc1. The first-order valence-electron chi connectivity index (χ1n) is 8.47. The Morgan fingerprint density at radius 3 is 2.14 bits per heavy atom. The van der Waals surface area contributed by atoms with Gasteiger partial charge in [0.05, 0.1) is 32.6 Å². The average molecular weight is 386 g/mol. The second kappa shape index (κ2) is 9.96. The monoisotopic (exact) mass is 386 g/mol. The number of hydrogen-bond donors (Lipinski definition) is 2. The van der Waals surface area contributed by atoms with Crippen LogP contribution < -0.4 is 20.1 Å². The molecule has 2 N–H and O–H groups in total. The van der Waals surface area contributed by atoms with Crippen LogP contribution in [0, 0.1) is 0 Å². The molecule has 0 atom stereocenters. The van der Waals surface area contributed by atoms with Gasteiger partial charge in [0.15, 0.2) is 11.5 Å². The van der Waals surface area contributed by atoms with Gasteiger partial charge in [0.2, 0.25) is 0 Å². The van der Waals surface area contributed by atoms with Crippen LogP contribution in [0.5, 0.6) is 11.5 Å². The Bertz CT molecular complexity index is 851. The zero-order chi connectivity index (χ0) is 20.5. The first-order valence-corrected chi connectivity index (χ1v) is 8.47. The predicted octanol–water partition coefficient (Wildman–Crippen LogP) is 1.79. The molecule has 0 spiro atoms. The summed E-state index contributed by atoms with van der Waals surface area (Å²) in [6.45, 7) is 0.298. The normalized spacial score (nSPS) is 9.96. The fourth-order valence-corrected chi connectivity index (χ4v) is 2.49. The van der Waals surface area contributed by atoms with Crippen LogP contribution >= 0.6 is 0 Å². The van der Waals surface area contributed by atoms with E-state index in [1.807, 2.05) is 30.3 Å². The summed E-state index contributed by atoms with van der Waals surface area (Å²) in [5.74, 6) is -1.85. The summed E-state index contributed by atoms with van der Waals surface area (Å²) in [7, 11) is 4.04. The Balaban J connectivity index is 2.08. The number of esters is 1. The molecule has 0 aliphatic heterocycles. The van der Waals surface area contributed by atoms with Crippen LogP contribution in [-0.4, -0.2) is 45.7 Å². The van der Waals surface area contributed by atoms with E-state index in [9.17, 15) is 14.4 Å². The molecule has 0 fully saturated rings. The van der Waals surface area contributed by atoms with Crippen LogP contribution in [0.2, 0.25) is 0 Å². The summed E-state index contributed by atoms with van der Waals surface area (Å²) >= 11 is 0. The number of rotatable bonds is 7. The zero-order valence-electron chi connectivity index (χ0n) is 15.9. The second-order valence-electron chi connectivity index (χ2n) is 5.69. The summed E-state index contributed by atoms with van der Waals surface area (Å²) in [6, 6.07) is 12.3. The van der Waals surface area contributed by atoms with Gasteiger partial charge in [0.1, 0.15) is 0 Å². The van der Waals surface area contributed by atoms with Gasteiger partial charge >= 0.3 is 17.8 Å². The number of hydrogen-bond acceptors (Lipinski definition) is 6. The lowest BCUT2D eigenvalue weighted by atomic mass is 10.1. The third-order valence-corrected chi connectivity index (χ3v) is 3.93. The van der Waals surface area contributed by atoms with E-state index < -0.39 is 17.8 Å². The van der Waals surface area contributed by atoms with E-state index in [1.165, 1.54) is 33.5 Å². The Labute approximate surface area is 162 Å². The van der Waals surface area contributed by atoms with E-state index in [2.05, 4.69) is 10.6 Å². The molecular weight excluding hydrogens is 364 g/mol. The van der Waals surface area contributed by atoms with Gasteiger partial charge in [-0.3, -0.25) is 9.59 Å². The molecular formula is C20H22N2O6. The van der Waals surface area contributed by atoms with Crippen LogP contribution in [-0.2, 0) is 20.7 Å². The molecule has 28 heavy (non-hydrogen) atoms. The fourth-order valence-electron chi connectivity index (χ4n) is 2.49. The maximum Gasteiger partial charge on any atom is 0.340 e. The number of methoxy groups -OCH3 is 3. The van der Waals surface area contributed by atoms with Crippen molar-refractivity contribution >= 4 is 23.5 Å². The molecule has 0 radical (unpaired) electrons. The van der Waals surface area contributed by atoms with Crippen molar-refractivity contribution in [3.8, 4) is 11.5 Å². The van der Waals surface area contributed by atoms with Crippen molar-refractivity contribution in [2.24, 2.45) is 0 Å². The maximum absolute atomic E-state index is 12.2. The molecule has 0 saturated carbocycles. The predicted molar refractivity (Wildman–Crippen MR) is 103 cm³/mol. The van der Waals surface area contributed by atoms with Gasteiger partial charge in [-0.1, -0.05) is 30.3 Å². The van der Waals surface area contributed by atoms with Gasteiger partial charge < -0.3 is 24.8 Å². The van der Waals surface area contributed by atoms with E-state index in [4.69, 9.17) is 14.2 Å². The molecule has 2 amide bonds. The molecule has 0 saturated heterocycles. The van der Waals surface area contributed by atoms with Gasteiger partial charge in [-0.05, 0) is 12.0 Å². The largest absolute Gasteiger partial charge is 0.493 e. The minimum Gasteiger partial charge on any atom is -0.493 e. The number of nitrogens with one attached hydrogen (secondary N) is 2. The number of carbonyl (C=O) groups excluding carboxylic acids is 3. The van der Waals surface area contributed by atoms with Crippen molar-refractivity contribution in [3.63, 3.8) is 0 Å². The van der Waals surface area contributed by atoms with E-state index >= 15 is 0 Å².